The Labute approximate surface area is 126 Å². The Morgan fingerprint density at radius 3 is 2.90 bits per heavy atom. The smallest absolute Gasteiger partial charge is 0.263 e. The molecule has 0 saturated heterocycles. The molecule has 2 heterocycles. The number of nitrogens with zero attached hydrogens (tertiary/aromatic N) is 2. The van der Waals surface area contributed by atoms with Crippen molar-refractivity contribution in [1.29, 1.82) is 0 Å². The zero-order valence-corrected chi connectivity index (χ0v) is 13.6. The first-order chi connectivity index (χ1) is 9.60. The molecule has 0 unspecified atom stereocenters. The van der Waals surface area contributed by atoms with Crippen molar-refractivity contribution in [2.75, 3.05) is 19.5 Å². The summed E-state index contributed by atoms with van der Waals surface area (Å²) in [6, 6.07) is 0. The van der Waals surface area contributed by atoms with Gasteiger partial charge in [0.2, 0.25) is 0 Å². The lowest BCUT2D eigenvalue weighted by Crippen LogP contribution is -2.22. The first-order valence-corrected chi connectivity index (χ1v) is 8.13. The summed E-state index contributed by atoms with van der Waals surface area (Å²) in [5, 5.41) is 1.48. The van der Waals surface area contributed by atoms with E-state index in [4.69, 9.17) is 4.74 Å². The van der Waals surface area contributed by atoms with E-state index in [0.717, 1.165) is 31.6 Å². The monoisotopic (exact) mass is 310 g/mol. The third kappa shape index (κ3) is 2.82. The SMILES string of the molecule is C=CCn1c(SCCOC)nc2sc(C)c(C)c2c1=O. The Hall–Kier alpha value is -1.11. The predicted octanol–water partition coefficient (Wildman–Crippen LogP) is 3.00. The average Bonchev–Trinajstić information content (AvgIpc) is 2.70. The Balaban J connectivity index is 2.57. The standard InChI is InChI=1S/C14H18N2O2S2/c1-5-6-16-13(17)11-9(2)10(3)20-12(11)15-14(16)19-8-7-18-4/h5H,1,6-8H2,2-4H3. The number of hydrogen-bond donors (Lipinski definition) is 0. The highest BCUT2D eigenvalue weighted by atomic mass is 32.2. The fraction of sp³-hybridized carbons (Fsp3) is 0.429. The molecule has 0 aliphatic carbocycles. The molecule has 0 aliphatic rings. The Morgan fingerprint density at radius 2 is 2.25 bits per heavy atom. The van der Waals surface area contributed by atoms with Gasteiger partial charge in [-0.2, -0.15) is 0 Å². The molecule has 4 nitrogen and oxygen atoms in total. The zero-order valence-electron chi connectivity index (χ0n) is 11.9. The van der Waals surface area contributed by atoms with Crippen LogP contribution >= 0.6 is 23.1 Å². The molecule has 0 radical (unpaired) electrons. The number of rotatable bonds is 6. The van der Waals surface area contributed by atoms with Crippen LogP contribution in [0.2, 0.25) is 0 Å². The van der Waals surface area contributed by atoms with Crippen molar-refractivity contribution >= 4 is 33.3 Å². The maximum atomic E-state index is 12.6. The second-order valence-corrected chi connectivity index (χ2v) is 6.67. The molecule has 0 spiro atoms. The minimum absolute atomic E-state index is 0.0247. The number of allylic oxidation sites excluding steroid dienone is 1. The fourth-order valence-electron chi connectivity index (χ4n) is 1.93. The van der Waals surface area contributed by atoms with Gasteiger partial charge in [-0.15, -0.1) is 17.9 Å². The van der Waals surface area contributed by atoms with Crippen LogP contribution in [0.3, 0.4) is 0 Å². The number of methoxy groups -OCH3 is 1. The van der Waals surface area contributed by atoms with E-state index in [1.807, 2.05) is 13.8 Å². The van der Waals surface area contributed by atoms with E-state index in [2.05, 4.69) is 11.6 Å². The summed E-state index contributed by atoms with van der Waals surface area (Å²) >= 11 is 3.12. The maximum absolute atomic E-state index is 12.6. The van der Waals surface area contributed by atoms with Crippen LogP contribution in [0.4, 0.5) is 0 Å². The van der Waals surface area contributed by atoms with Crippen LogP contribution in [0.5, 0.6) is 0 Å². The highest BCUT2D eigenvalue weighted by Gasteiger charge is 2.15. The molecule has 0 amide bonds. The molecule has 0 atom stereocenters. The summed E-state index contributed by atoms with van der Waals surface area (Å²) in [6.07, 6.45) is 1.73. The van der Waals surface area contributed by atoms with Gasteiger partial charge in [0.05, 0.1) is 12.0 Å². The van der Waals surface area contributed by atoms with Gasteiger partial charge in [-0.1, -0.05) is 17.8 Å². The summed E-state index contributed by atoms with van der Waals surface area (Å²) < 4.78 is 6.74. The van der Waals surface area contributed by atoms with Gasteiger partial charge in [0.1, 0.15) is 4.83 Å². The van der Waals surface area contributed by atoms with E-state index in [1.165, 1.54) is 0 Å². The van der Waals surface area contributed by atoms with Crippen molar-refractivity contribution in [3.05, 3.63) is 33.4 Å². The molecule has 0 aliphatic heterocycles. The van der Waals surface area contributed by atoms with Gasteiger partial charge in [-0.25, -0.2) is 4.98 Å². The molecule has 0 aromatic carbocycles. The van der Waals surface area contributed by atoms with Gasteiger partial charge < -0.3 is 4.74 Å². The number of ether oxygens (including phenoxy) is 1. The topological polar surface area (TPSA) is 44.1 Å². The summed E-state index contributed by atoms with van der Waals surface area (Å²) in [5.41, 5.74) is 1.06. The van der Waals surface area contributed by atoms with Crippen molar-refractivity contribution in [2.24, 2.45) is 0 Å². The Bertz CT molecular complexity index is 689. The molecular weight excluding hydrogens is 292 g/mol. The summed E-state index contributed by atoms with van der Waals surface area (Å²) in [5.74, 6) is 0.773. The molecule has 0 saturated carbocycles. The van der Waals surface area contributed by atoms with Crippen molar-refractivity contribution in [2.45, 2.75) is 25.5 Å². The van der Waals surface area contributed by atoms with Crippen LogP contribution in [0, 0.1) is 13.8 Å². The molecule has 2 aromatic rings. The van der Waals surface area contributed by atoms with E-state index in [0.29, 0.717) is 13.2 Å². The molecule has 108 valence electrons. The summed E-state index contributed by atoms with van der Waals surface area (Å²) in [6.45, 7) is 8.84. The van der Waals surface area contributed by atoms with Crippen molar-refractivity contribution < 1.29 is 4.74 Å². The van der Waals surface area contributed by atoms with Crippen LogP contribution in [0.15, 0.2) is 22.6 Å². The fourth-order valence-corrected chi connectivity index (χ4v) is 3.90. The first kappa shape index (κ1) is 15.3. The Morgan fingerprint density at radius 1 is 1.50 bits per heavy atom. The molecule has 0 bridgehead atoms. The largest absolute Gasteiger partial charge is 0.384 e. The number of thiophene rings is 1. The van der Waals surface area contributed by atoms with Crippen molar-refractivity contribution in [3.63, 3.8) is 0 Å². The van der Waals surface area contributed by atoms with Gasteiger partial charge in [0, 0.05) is 24.3 Å². The molecule has 6 heteroatoms. The number of thioether (sulfide) groups is 1. The van der Waals surface area contributed by atoms with Crippen LogP contribution in [-0.2, 0) is 11.3 Å². The second-order valence-electron chi connectivity index (χ2n) is 4.40. The van der Waals surface area contributed by atoms with Gasteiger partial charge in [0.25, 0.3) is 5.56 Å². The molecule has 0 N–H and O–H groups in total. The second kappa shape index (κ2) is 6.56. The number of aromatic nitrogens is 2. The lowest BCUT2D eigenvalue weighted by molar-refractivity contribution is 0.218. The predicted molar refractivity (Wildman–Crippen MR) is 86.2 cm³/mol. The molecule has 0 fully saturated rings. The molecule has 2 aromatic heterocycles. The third-order valence-corrected chi connectivity index (χ3v) is 5.13. The number of aryl methyl sites for hydroxylation is 2. The van der Waals surface area contributed by atoms with E-state index >= 15 is 0 Å². The van der Waals surface area contributed by atoms with Gasteiger partial charge in [0.15, 0.2) is 5.16 Å². The van der Waals surface area contributed by atoms with Crippen LogP contribution in [0.1, 0.15) is 10.4 Å². The lowest BCUT2D eigenvalue weighted by atomic mass is 10.2. The number of hydrogen-bond acceptors (Lipinski definition) is 5. The van der Waals surface area contributed by atoms with Crippen molar-refractivity contribution in [3.8, 4) is 0 Å². The summed E-state index contributed by atoms with van der Waals surface area (Å²) in [7, 11) is 1.67. The van der Waals surface area contributed by atoms with Gasteiger partial charge in [-0.05, 0) is 19.4 Å². The average molecular weight is 310 g/mol. The molecule has 20 heavy (non-hydrogen) atoms. The van der Waals surface area contributed by atoms with Gasteiger partial charge >= 0.3 is 0 Å². The third-order valence-electron chi connectivity index (χ3n) is 3.08. The Kier molecular flexibility index (Phi) is 5.01. The van der Waals surface area contributed by atoms with E-state index in [1.54, 1.807) is 40.9 Å². The quantitative estimate of drug-likeness (QED) is 0.356. The molecule has 2 rings (SSSR count). The first-order valence-electron chi connectivity index (χ1n) is 6.33. The molecular formula is C14H18N2O2S2. The zero-order chi connectivity index (χ0) is 14.7. The normalized spacial score (nSPS) is 11.2. The van der Waals surface area contributed by atoms with Crippen LogP contribution < -0.4 is 5.56 Å². The minimum Gasteiger partial charge on any atom is -0.384 e. The van der Waals surface area contributed by atoms with Crippen molar-refractivity contribution in [1.82, 2.24) is 9.55 Å². The van der Waals surface area contributed by atoms with E-state index < -0.39 is 0 Å². The maximum Gasteiger partial charge on any atom is 0.263 e. The van der Waals surface area contributed by atoms with E-state index in [-0.39, 0.29) is 5.56 Å². The van der Waals surface area contributed by atoms with Gasteiger partial charge in [-0.3, -0.25) is 9.36 Å². The highest BCUT2D eigenvalue weighted by Crippen LogP contribution is 2.28. The number of fused-ring (bicyclic) bond motifs is 1. The highest BCUT2D eigenvalue weighted by molar-refractivity contribution is 7.99. The van der Waals surface area contributed by atoms with Crippen LogP contribution in [0.25, 0.3) is 10.2 Å². The van der Waals surface area contributed by atoms with E-state index in [9.17, 15) is 4.79 Å². The van der Waals surface area contributed by atoms with Crippen LogP contribution in [-0.4, -0.2) is 29.0 Å². The minimum atomic E-state index is 0.0247. The summed E-state index contributed by atoms with van der Waals surface area (Å²) in [4.78, 5) is 19.3. The lowest BCUT2D eigenvalue weighted by Gasteiger charge is -2.09.